The number of aromatic nitrogens is 1. The number of hydrogen-bond donors (Lipinski definition) is 8. The molecule has 1 unspecified atom stereocenters. The maximum absolute atomic E-state index is 14.8. The van der Waals surface area contributed by atoms with Crippen molar-refractivity contribution < 1.29 is 57.8 Å². The van der Waals surface area contributed by atoms with Gasteiger partial charge in [-0.2, -0.15) is 0 Å². The van der Waals surface area contributed by atoms with Crippen LogP contribution in [0.25, 0.3) is 0 Å². The zero-order chi connectivity index (χ0) is 66.1. The Morgan fingerprint density at radius 1 is 0.820 bits per heavy atom. The van der Waals surface area contributed by atoms with E-state index in [0.717, 1.165) is 29.9 Å². The van der Waals surface area contributed by atoms with Gasteiger partial charge in [-0.25, -0.2) is 14.6 Å². The van der Waals surface area contributed by atoms with Crippen molar-refractivity contribution in [1.82, 2.24) is 36.1 Å². The Hall–Kier alpha value is -7.11. The highest BCUT2D eigenvalue weighted by atomic mass is 32.1. The molecule has 1 aliphatic rings. The van der Waals surface area contributed by atoms with Crippen LogP contribution in [0.1, 0.15) is 178 Å². The van der Waals surface area contributed by atoms with E-state index >= 15 is 0 Å². The molecule has 0 saturated carbocycles. The Morgan fingerprint density at radius 3 is 2.07 bits per heavy atom. The number of anilines is 1. The number of nitrogens with one attached hydrogen (secondary N) is 5. The number of thiazole rings is 1. The van der Waals surface area contributed by atoms with Crippen molar-refractivity contribution in [2.45, 2.75) is 189 Å². The van der Waals surface area contributed by atoms with Gasteiger partial charge in [0.15, 0.2) is 11.6 Å². The number of hydrogen-bond acceptors (Lipinski definition) is 15. The summed E-state index contributed by atoms with van der Waals surface area (Å²) in [7, 11) is 3.66. The molecule has 0 radical (unpaired) electrons. The quantitative estimate of drug-likeness (QED) is 0.0249. The summed E-state index contributed by atoms with van der Waals surface area (Å²) in [4.78, 5) is 143. The molecule has 0 aliphatic carbocycles. The van der Waals surface area contributed by atoms with Crippen LogP contribution in [0.15, 0.2) is 60.0 Å². The molecule has 10 N–H and O–H groups in total. The van der Waals surface area contributed by atoms with Crippen molar-refractivity contribution in [2.75, 3.05) is 39.0 Å². The molecule has 2 heterocycles. The summed E-state index contributed by atoms with van der Waals surface area (Å²) in [5, 5.41) is 25.9. The lowest BCUT2D eigenvalue weighted by molar-refractivity contribution is -0.143. The van der Waals surface area contributed by atoms with Crippen molar-refractivity contribution in [1.29, 1.82) is 0 Å². The van der Waals surface area contributed by atoms with E-state index in [1.807, 2.05) is 72.0 Å². The van der Waals surface area contributed by atoms with Gasteiger partial charge in [-0.3, -0.25) is 38.5 Å². The summed E-state index contributed by atoms with van der Waals surface area (Å²) >= 11 is 1.14. The summed E-state index contributed by atoms with van der Waals surface area (Å²) in [6.07, 6.45) is 4.21. The second kappa shape index (κ2) is 36.5. The Bertz CT molecular complexity index is 2830. The number of urea groups is 1. The molecule has 22 nitrogen and oxygen atoms in total. The zero-order valence-electron chi connectivity index (χ0n) is 54.2. The Balaban J connectivity index is 1.57. The maximum atomic E-state index is 14.8. The Labute approximate surface area is 529 Å². The molecule has 7 amide bonds. The van der Waals surface area contributed by atoms with Gasteiger partial charge in [0.25, 0.3) is 5.91 Å². The van der Waals surface area contributed by atoms with E-state index in [-0.39, 0.29) is 98.4 Å². The number of unbranched alkanes of at least 4 members (excludes halogenated alkanes) is 1. The third kappa shape index (κ3) is 23.7. The number of primary amides is 1. The van der Waals surface area contributed by atoms with Crippen LogP contribution in [0.5, 0.6) is 0 Å². The molecule has 0 bridgehead atoms. The number of likely N-dealkylation sites (tertiary alicyclic amines) is 1. The molecule has 1 aliphatic heterocycles. The molecular formula is C66H100N10O12S. The molecule has 1 fully saturated rings. The number of nitrogens with two attached hydrogens (primary N) is 2. The molecule has 3 aromatic rings. The zero-order valence-corrected chi connectivity index (χ0v) is 55.0. The molecule has 1 saturated heterocycles. The number of carbonyl (C=O) groups is 10. The van der Waals surface area contributed by atoms with E-state index in [9.17, 15) is 53.1 Å². The van der Waals surface area contributed by atoms with Crippen molar-refractivity contribution in [2.24, 2.45) is 52.9 Å². The number of ether oxygens (including phenoxy) is 1. The van der Waals surface area contributed by atoms with Gasteiger partial charge in [0.1, 0.15) is 23.1 Å². The molecule has 1 aromatic heterocycles. The number of rotatable bonds is 39. The number of alkyl carbamates (subject to hydrolysis) is 1. The van der Waals surface area contributed by atoms with E-state index in [1.54, 1.807) is 62.4 Å². The Kier molecular flexibility index (Phi) is 30.5. The number of carbonyl (C=O) groups excluding carboxylic acids is 9. The van der Waals surface area contributed by atoms with Crippen LogP contribution >= 0.6 is 11.3 Å². The Morgan fingerprint density at radius 2 is 1.48 bits per heavy atom. The number of amides is 7. The van der Waals surface area contributed by atoms with Gasteiger partial charge < -0.3 is 57.6 Å². The molecule has 89 heavy (non-hydrogen) atoms. The summed E-state index contributed by atoms with van der Waals surface area (Å²) in [6.45, 7) is 17.6. The first kappa shape index (κ1) is 74.4. The standard InChI is InChI=1S/C66H100N10O12S/c1-12-42(6)51(36-56(79)66(9)28-19-31-75(66)10)62(83)76(11)54(40(2)3)37-52(61-72-53(39-89-61)60(82)71-50(32-43(7)63(84)85)34-45-20-14-13-15-21-45)73-65(87)88-38-46-24-26-49(27-25-46)70-58(80)48(23-18-30-69-64(68)86)35-55(78)57(41(4)5)74-59(81)47(33-44(8)77)22-16-17-29-67/h13-15,20-21,24-27,39-43,47-48,50-52,54,57H,12,16-19,22-23,28-38,67H2,1-11H3,(H,70,80)(H,71,82)(H,73,87)(H,74,81)(H,84,85)(H3,68,69,86)/t42-,43-,47?,48+,50+,51-,52+,54+,57-,66+/m0/s1. The highest BCUT2D eigenvalue weighted by Crippen LogP contribution is 2.35. The highest BCUT2D eigenvalue weighted by molar-refractivity contribution is 7.09. The predicted molar refractivity (Wildman–Crippen MR) is 343 cm³/mol. The van der Waals surface area contributed by atoms with Gasteiger partial charge >= 0.3 is 18.1 Å². The fourth-order valence-electron chi connectivity index (χ4n) is 11.5. The van der Waals surface area contributed by atoms with Crippen LogP contribution in [0.3, 0.4) is 0 Å². The minimum atomic E-state index is -0.995. The van der Waals surface area contributed by atoms with Gasteiger partial charge in [0.2, 0.25) is 17.7 Å². The first-order valence-corrected chi connectivity index (χ1v) is 32.4. The van der Waals surface area contributed by atoms with Crippen LogP contribution in [0, 0.1) is 41.4 Å². The van der Waals surface area contributed by atoms with Crippen LogP contribution in [-0.4, -0.2) is 136 Å². The molecule has 492 valence electrons. The lowest BCUT2D eigenvalue weighted by Gasteiger charge is -2.38. The average molecular weight is 1260 g/mol. The van der Waals surface area contributed by atoms with Crippen molar-refractivity contribution in [3.63, 3.8) is 0 Å². The van der Waals surface area contributed by atoms with Crippen LogP contribution in [0.2, 0.25) is 0 Å². The lowest BCUT2D eigenvalue weighted by Crippen LogP contribution is -2.50. The van der Waals surface area contributed by atoms with Crippen LogP contribution in [-0.2, 0) is 51.3 Å². The van der Waals surface area contributed by atoms with Gasteiger partial charge in [-0.05, 0) is 133 Å². The molecule has 10 atom stereocenters. The normalized spacial score (nSPS) is 17.2. The molecule has 0 spiro atoms. The second-order valence-electron chi connectivity index (χ2n) is 25.2. The second-order valence-corrected chi connectivity index (χ2v) is 26.1. The molecule has 4 rings (SSSR count). The maximum Gasteiger partial charge on any atom is 0.408 e. The number of likely N-dealkylation sites (N-methyl/N-ethyl adjacent to an activating group) is 1. The van der Waals surface area contributed by atoms with Crippen molar-refractivity contribution >= 4 is 76.1 Å². The summed E-state index contributed by atoms with van der Waals surface area (Å²) < 4.78 is 5.81. The number of aliphatic carboxylic acids is 1. The minimum Gasteiger partial charge on any atom is -0.481 e. The summed E-state index contributed by atoms with van der Waals surface area (Å²) in [6, 6.07) is 12.3. The third-order valence-corrected chi connectivity index (χ3v) is 18.4. The van der Waals surface area contributed by atoms with Gasteiger partial charge in [-0.1, -0.05) is 104 Å². The number of Topliss-reactive ketones (excluding diaryl/α,β-unsaturated/α-hetero) is 3. The number of ketones is 3. The topological polar surface area (TPSA) is 332 Å². The van der Waals surface area contributed by atoms with E-state index < -0.39 is 89.2 Å². The molecular weight excluding hydrogens is 1160 g/mol. The predicted octanol–water partition coefficient (Wildman–Crippen LogP) is 8.37. The fraction of sp³-hybridized carbons (Fsp3) is 0.621. The third-order valence-electron chi connectivity index (χ3n) is 17.5. The smallest absolute Gasteiger partial charge is 0.408 e. The average Bonchev–Trinajstić information content (AvgIpc) is 2.04. The SMILES string of the molecule is CC[C@H](C)[C@H](CC(=O)[C@@]1(C)CCCN1C)C(=O)N(C)[C@H](C[C@@H](NC(=O)OCc1ccc(NC(=O)[C@H](CCCNC(N)=O)CC(=O)[C@@H](NC(=O)C(CCCCN)CC(C)=O)C(C)C)cc1)c1nc(C(=O)N[C@@H](Cc2ccccc2)C[C@H](C)C(=O)O)cs1)C(C)C. The van der Waals surface area contributed by atoms with Crippen molar-refractivity contribution in [3.8, 4) is 0 Å². The van der Waals surface area contributed by atoms with E-state index in [0.29, 0.717) is 67.7 Å². The van der Waals surface area contributed by atoms with Gasteiger partial charge in [0, 0.05) is 73.8 Å². The highest BCUT2D eigenvalue weighted by Gasteiger charge is 2.44. The van der Waals surface area contributed by atoms with E-state index in [2.05, 4.69) is 31.5 Å². The first-order valence-electron chi connectivity index (χ1n) is 31.5. The fourth-order valence-corrected chi connectivity index (χ4v) is 12.4. The number of nitrogens with zero attached hydrogens (tertiary/aromatic N) is 3. The lowest BCUT2D eigenvalue weighted by atomic mass is 9.80. The molecule has 2 aromatic carbocycles. The minimum absolute atomic E-state index is 0.0190. The molecule has 23 heteroatoms. The summed E-state index contributed by atoms with van der Waals surface area (Å²) in [5.74, 6) is -6.64. The van der Waals surface area contributed by atoms with Crippen LogP contribution in [0.4, 0.5) is 15.3 Å². The summed E-state index contributed by atoms with van der Waals surface area (Å²) in [5.41, 5.74) is 12.2. The first-order chi connectivity index (χ1) is 42.1. The number of carboxylic acids is 1. The number of carboxylic acid groups (broad SMARTS) is 1. The van der Waals surface area contributed by atoms with E-state index in [4.69, 9.17) is 21.2 Å². The van der Waals surface area contributed by atoms with Crippen LogP contribution < -0.4 is 38.1 Å². The monoisotopic (exact) mass is 1260 g/mol. The van der Waals surface area contributed by atoms with Gasteiger partial charge in [0.05, 0.1) is 23.5 Å². The largest absolute Gasteiger partial charge is 0.481 e. The van der Waals surface area contributed by atoms with Crippen molar-refractivity contribution in [3.05, 3.63) is 81.8 Å². The number of benzene rings is 2. The van der Waals surface area contributed by atoms with E-state index in [1.165, 1.54) is 6.92 Å². The van der Waals surface area contributed by atoms with Gasteiger partial charge in [-0.15, -0.1) is 11.3 Å².